The van der Waals surface area contributed by atoms with Crippen molar-refractivity contribution in [2.45, 2.75) is 46.1 Å². The van der Waals surface area contributed by atoms with Crippen molar-refractivity contribution in [3.63, 3.8) is 0 Å². The lowest BCUT2D eigenvalue weighted by molar-refractivity contribution is -0.150. The lowest BCUT2D eigenvalue weighted by Gasteiger charge is -2.28. The maximum absolute atomic E-state index is 11.7. The van der Waals surface area contributed by atoms with Crippen molar-refractivity contribution in [3.8, 4) is 0 Å². The first-order valence-electron chi connectivity index (χ1n) is 6.22. The minimum Gasteiger partial charge on any atom is -0.465 e. The fourth-order valence-electron chi connectivity index (χ4n) is 1.73. The van der Waals surface area contributed by atoms with E-state index in [0.717, 1.165) is 25.8 Å². The van der Waals surface area contributed by atoms with Crippen molar-refractivity contribution in [2.75, 3.05) is 26.3 Å². The largest absolute Gasteiger partial charge is 0.465 e. The Morgan fingerprint density at radius 1 is 1.31 bits per heavy atom. The summed E-state index contributed by atoms with van der Waals surface area (Å²) in [6, 6.07) is -0.210. The van der Waals surface area contributed by atoms with E-state index in [-0.39, 0.29) is 18.6 Å². The summed E-state index contributed by atoms with van der Waals surface area (Å²) < 4.78 is 5.04. The molecule has 0 heterocycles. The van der Waals surface area contributed by atoms with E-state index >= 15 is 0 Å². The van der Waals surface area contributed by atoms with Gasteiger partial charge in [0.25, 0.3) is 0 Å². The summed E-state index contributed by atoms with van der Waals surface area (Å²) in [5.74, 6) is -0.172. The molecule has 0 spiro atoms. The molecule has 0 aromatic heterocycles. The van der Waals surface area contributed by atoms with Gasteiger partial charge in [-0.25, -0.2) is 0 Å². The van der Waals surface area contributed by atoms with Gasteiger partial charge < -0.3 is 9.84 Å². The highest BCUT2D eigenvalue weighted by Crippen LogP contribution is 2.08. The Balaban J connectivity index is 4.36. The number of rotatable bonds is 9. The fraction of sp³-hybridized carbons (Fsp3) is 0.917. The third-order valence-corrected chi connectivity index (χ3v) is 2.57. The van der Waals surface area contributed by atoms with Gasteiger partial charge in [0.05, 0.1) is 13.2 Å². The SMILES string of the molecule is CCCCN(CCO)C(CC)C(=O)OCC. The zero-order valence-corrected chi connectivity index (χ0v) is 10.7. The summed E-state index contributed by atoms with van der Waals surface area (Å²) in [6.07, 6.45) is 2.85. The number of unbranched alkanes of at least 4 members (excludes halogenated alkanes) is 1. The Hall–Kier alpha value is -0.610. The third-order valence-electron chi connectivity index (χ3n) is 2.57. The minimum absolute atomic E-state index is 0.0830. The summed E-state index contributed by atoms with van der Waals surface area (Å²) in [7, 11) is 0. The molecule has 0 aromatic rings. The number of carbonyl (C=O) groups excluding carboxylic acids is 1. The molecule has 0 fully saturated rings. The second kappa shape index (κ2) is 9.60. The molecule has 96 valence electrons. The predicted octanol–water partition coefficient (Wildman–Crippen LogP) is 1.42. The lowest BCUT2D eigenvalue weighted by atomic mass is 10.1. The van der Waals surface area contributed by atoms with E-state index in [1.807, 2.05) is 18.7 Å². The highest BCUT2D eigenvalue weighted by Gasteiger charge is 2.24. The van der Waals surface area contributed by atoms with Crippen LogP contribution in [0.5, 0.6) is 0 Å². The maximum atomic E-state index is 11.7. The summed E-state index contributed by atoms with van der Waals surface area (Å²) >= 11 is 0. The van der Waals surface area contributed by atoms with Crippen LogP contribution in [0.25, 0.3) is 0 Å². The first kappa shape index (κ1) is 15.4. The van der Waals surface area contributed by atoms with Crippen LogP contribution in [0.3, 0.4) is 0 Å². The van der Waals surface area contributed by atoms with Crippen LogP contribution in [-0.4, -0.2) is 48.3 Å². The summed E-state index contributed by atoms with van der Waals surface area (Å²) in [5.41, 5.74) is 0. The predicted molar refractivity (Wildman–Crippen MR) is 64.3 cm³/mol. The van der Waals surface area contributed by atoms with Gasteiger partial charge in [0, 0.05) is 6.54 Å². The zero-order chi connectivity index (χ0) is 12.4. The van der Waals surface area contributed by atoms with Gasteiger partial charge in [-0.05, 0) is 26.3 Å². The molecule has 0 aliphatic heterocycles. The standard InChI is InChI=1S/C12H25NO3/c1-4-7-8-13(9-10-14)11(5-2)12(15)16-6-3/h11,14H,4-10H2,1-3H3. The first-order valence-corrected chi connectivity index (χ1v) is 6.22. The molecule has 0 rings (SSSR count). The van der Waals surface area contributed by atoms with Crippen LogP contribution in [0.4, 0.5) is 0 Å². The molecule has 1 N–H and O–H groups in total. The van der Waals surface area contributed by atoms with Gasteiger partial charge in [-0.3, -0.25) is 9.69 Å². The van der Waals surface area contributed by atoms with Crippen molar-refractivity contribution in [3.05, 3.63) is 0 Å². The van der Waals surface area contributed by atoms with Crippen molar-refractivity contribution < 1.29 is 14.6 Å². The molecule has 4 heteroatoms. The minimum atomic E-state index is -0.210. The highest BCUT2D eigenvalue weighted by atomic mass is 16.5. The van der Waals surface area contributed by atoms with E-state index in [9.17, 15) is 4.79 Å². The van der Waals surface area contributed by atoms with E-state index in [1.165, 1.54) is 0 Å². The van der Waals surface area contributed by atoms with Crippen molar-refractivity contribution in [2.24, 2.45) is 0 Å². The monoisotopic (exact) mass is 231 g/mol. The Bertz CT molecular complexity index is 185. The summed E-state index contributed by atoms with van der Waals surface area (Å²) in [5, 5.41) is 9.00. The molecule has 4 nitrogen and oxygen atoms in total. The smallest absolute Gasteiger partial charge is 0.323 e. The van der Waals surface area contributed by atoms with E-state index in [1.54, 1.807) is 0 Å². The van der Waals surface area contributed by atoms with Gasteiger partial charge in [0.15, 0.2) is 0 Å². The van der Waals surface area contributed by atoms with E-state index in [0.29, 0.717) is 13.2 Å². The van der Waals surface area contributed by atoms with Crippen LogP contribution in [0.15, 0.2) is 0 Å². The van der Waals surface area contributed by atoms with Gasteiger partial charge in [0.2, 0.25) is 0 Å². The second-order valence-corrected chi connectivity index (χ2v) is 3.79. The summed E-state index contributed by atoms with van der Waals surface area (Å²) in [4.78, 5) is 13.7. The average molecular weight is 231 g/mol. The number of hydrogen-bond acceptors (Lipinski definition) is 4. The lowest BCUT2D eigenvalue weighted by Crippen LogP contribution is -2.43. The van der Waals surface area contributed by atoms with Gasteiger partial charge in [-0.2, -0.15) is 0 Å². The number of aliphatic hydroxyl groups excluding tert-OH is 1. The molecule has 0 saturated heterocycles. The molecular formula is C12H25NO3. The number of carbonyl (C=O) groups is 1. The molecule has 0 bridgehead atoms. The number of hydrogen-bond donors (Lipinski definition) is 1. The second-order valence-electron chi connectivity index (χ2n) is 3.79. The number of aliphatic hydroxyl groups is 1. The van der Waals surface area contributed by atoms with Gasteiger partial charge in [-0.15, -0.1) is 0 Å². The topological polar surface area (TPSA) is 49.8 Å². The Labute approximate surface area is 98.6 Å². The zero-order valence-electron chi connectivity index (χ0n) is 10.7. The Morgan fingerprint density at radius 2 is 2.00 bits per heavy atom. The third kappa shape index (κ3) is 5.47. The fourth-order valence-corrected chi connectivity index (χ4v) is 1.73. The van der Waals surface area contributed by atoms with Crippen LogP contribution in [0.2, 0.25) is 0 Å². The molecule has 0 saturated carbocycles. The average Bonchev–Trinajstić information content (AvgIpc) is 2.27. The van der Waals surface area contributed by atoms with Crippen LogP contribution >= 0.6 is 0 Å². The quantitative estimate of drug-likeness (QED) is 0.610. The molecule has 0 aliphatic carbocycles. The maximum Gasteiger partial charge on any atom is 0.323 e. The number of ether oxygens (including phenoxy) is 1. The molecule has 0 aliphatic rings. The van der Waals surface area contributed by atoms with Crippen molar-refractivity contribution in [1.82, 2.24) is 4.90 Å². The van der Waals surface area contributed by atoms with Crippen molar-refractivity contribution in [1.29, 1.82) is 0 Å². The van der Waals surface area contributed by atoms with Gasteiger partial charge >= 0.3 is 5.97 Å². The molecule has 16 heavy (non-hydrogen) atoms. The van der Waals surface area contributed by atoms with Crippen LogP contribution in [-0.2, 0) is 9.53 Å². The van der Waals surface area contributed by atoms with Crippen LogP contribution in [0.1, 0.15) is 40.0 Å². The van der Waals surface area contributed by atoms with Gasteiger partial charge in [0.1, 0.15) is 6.04 Å². The molecule has 1 atom stereocenters. The highest BCUT2D eigenvalue weighted by molar-refractivity contribution is 5.75. The molecular weight excluding hydrogens is 206 g/mol. The first-order chi connectivity index (χ1) is 7.71. The van der Waals surface area contributed by atoms with Gasteiger partial charge in [-0.1, -0.05) is 20.3 Å². The Morgan fingerprint density at radius 3 is 2.44 bits per heavy atom. The number of esters is 1. The van der Waals surface area contributed by atoms with Crippen LogP contribution < -0.4 is 0 Å². The normalized spacial score (nSPS) is 12.8. The molecule has 0 amide bonds. The molecule has 1 unspecified atom stereocenters. The Kier molecular flexibility index (Phi) is 9.24. The van der Waals surface area contributed by atoms with E-state index < -0.39 is 0 Å². The van der Waals surface area contributed by atoms with E-state index in [4.69, 9.17) is 9.84 Å². The molecule has 0 radical (unpaired) electrons. The van der Waals surface area contributed by atoms with Crippen molar-refractivity contribution >= 4 is 5.97 Å². The summed E-state index contributed by atoms with van der Waals surface area (Å²) in [6.45, 7) is 7.77. The molecule has 0 aromatic carbocycles. The number of nitrogens with zero attached hydrogens (tertiary/aromatic N) is 1. The van der Waals surface area contributed by atoms with Crippen LogP contribution in [0, 0.1) is 0 Å². The van der Waals surface area contributed by atoms with E-state index in [2.05, 4.69) is 6.92 Å².